The SMILES string of the molecule is COC(=O)C(C(C)=O)C(=O)N1Cc2cc(Cl)c(Cl)cc2C1=O. The molecular weight excluding hydrogens is 333 g/mol. The number of hydrogen-bond donors (Lipinski definition) is 0. The van der Waals surface area contributed by atoms with Crippen LogP contribution in [0.15, 0.2) is 12.1 Å². The number of hydrogen-bond acceptors (Lipinski definition) is 5. The van der Waals surface area contributed by atoms with Gasteiger partial charge >= 0.3 is 5.97 Å². The number of benzene rings is 1. The van der Waals surface area contributed by atoms with Crippen molar-refractivity contribution in [3.8, 4) is 0 Å². The van der Waals surface area contributed by atoms with Crippen LogP contribution < -0.4 is 0 Å². The van der Waals surface area contributed by atoms with Gasteiger partial charge in [-0.25, -0.2) is 0 Å². The van der Waals surface area contributed by atoms with Crippen molar-refractivity contribution in [3.05, 3.63) is 33.3 Å². The number of rotatable bonds is 3. The van der Waals surface area contributed by atoms with Crippen LogP contribution in [0.3, 0.4) is 0 Å². The predicted molar refractivity (Wildman–Crippen MR) is 77.5 cm³/mol. The molecule has 0 saturated heterocycles. The minimum atomic E-state index is -1.66. The zero-order valence-corrected chi connectivity index (χ0v) is 13.2. The Hall–Kier alpha value is -1.92. The van der Waals surface area contributed by atoms with E-state index in [1.54, 1.807) is 0 Å². The molecule has 2 amide bonds. The number of carbonyl (C=O) groups excluding carboxylic acids is 4. The summed E-state index contributed by atoms with van der Waals surface area (Å²) in [6, 6.07) is 2.83. The molecule has 0 N–H and O–H groups in total. The fraction of sp³-hybridized carbons (Fsp3) is 0.286. The lowest BCUT2D eigenvalue weighted by Crippen LogP contribution is -2.43. The zero-order chi connectivity index (χ0) is 16.6. The van der Waals surface area contributed by atoms with E-state index in [0.29, 0.717) is 5.56 Å². The van der Waals surface area contributed by atoms with Gasteiger partial charge in [0.05, 0.1) is 23.7 Å². The van der Waals surface area contributed by atoms with Crippen LogP contribution in [-0.2, 0) is 25.7 Å². The van der Waals surface area contributed by atoms with Crippen LogP contribution in [0.25, 0.3) is 0 Å². The number of carbonyl (C=O) groups is 4. The summed E-state index contributed by atoms with van der Waals surface area (Å²) in [4.78, 5) is 48.6. The lowest BCUT2D eigenvalue weighted by atomic mass is 10.0. The van der Waals surface area contributed by atoms with Crippen LogP contribution in [0.4, 0.5) is 0 Å². The maximum atomic E-state index is 12.4. The van der Waals surface area contributed by atoms with E-state index in [9.17, 15) is 19.2 Å². The summed E-state index contributed by atoms with van der Waals surface area (Å²) in [6.45, 7) is 1.01. The van der Waals surface area contributed by atoms with Crippen molar-refractivity contribution < 1.29 is 23.9 Å². The van der Waals surface area contributed by atoms with Crippen molar-refractivity contribution in [1.29, 1.82) is 0 Å². The second-order valence-corrected chi connectivity index (χ2v) is 5.53. The van der Waals surface area contributed by atoms with Crippen molar-refractivity contribution in [1.82, 2.24) is 4.90 Å². The Morgan fingerprint density at radius 1 is 1.23 bits per heavy atom. The van der Waals surface area contributed by atoms with Gasteiger partial charge in [0.2, 0.25) is 0 Å². The third-order valence-corrected chi connectivity index (χ3v) is 4.03. The van der Waals surface area contributed by atoms with Gasteiger partial charge in [-0.1, -0.05) is 23.2 Å². The first-order chi connectivity index (χ1) is 10.3. The summed E-state index contributed by atoms with van der Waals surface area (Å²) in [5.74, 6) is -4.91. The van der Waals surface area contributed by atoms with Crippen LogP contribution in [0.5, 0.6) is 0 Å². The number of ether oxygens (including phenoxy) is 1. The molecule has 1 aliphatic rings. The lowest BCUT2D eigenvalue weighted by Gasteiger charge is -2.18. The standard InChI is InChI=1S/C14H11Cl2NO5/c1-6(18)11(14(21)22-2)13(20)17-5-7-3-9(15)10(16)4-8(7)12(17)19/h3-4,11H,5H2,1-2H3. The molecule has 116 valence electrons. The fourth-order valence-corrected chi connectivity index (χ4v) is 2.55. The van der Waals surface area contributed by atoms with E-state index in [1.165, 1.54) is 12.1 Å². The number of ketones is 1. The van der Waals surface area contributed by atoms with Gasteiger partial charge in [0.1, 0.15) is 0 Å². The van der Waals surface area contributed by atoms with Crippen molar-refractivity contribution >= 4 is 46.8 Å². The minimum absolute atomic E-state index is 0.0787. The van der Waals surface area contributed by atoms with Gasteiger partial charge in [0, 0.05) is 5.56 Å². The number of Topliss-reactive ketones (excluding diaryl/α,β-unsaturated/α-hetero) is 1. The monoisotopic (exact) mass is 343 g/mol. The van der Waals surface area contributed by atoms with Crippen molar-refractivity contribution in [3.63, 3.8) is 0 Å². The topological polar surface area (TPSA) is 80.8 Å². The molecule has 8 heteroatoms. The largest absolute Gasteiger partial charge is 0.468 e. The number of nitrogens with zero attached hydrogens (tertiary/aromatic N) is 1. The van der Waals surface area contributed by atoms with Gasteiger partial charge in [0.15, 0.2) is 11.7 Å². The predicted octanol–water partition coefficient (Wildman–Crippen LogP) is 1.85. The Morgan fingerprint density at radius 2 is 1.82 bits per heavy atom. The average Bonchev–Trinajstić information content (AvgIpc) is 2.76. The zero-order valence-electron chi connectivity index (χ0n) is 11.7. The van der Waals surface area contributed by atoms with Crippen LogP contribution in [0, 0.1) is 5.92 Å². The van der Waals surface area contributed by atoms with E-state index in [4.69, 9.17) is 23.2 Å². The summed E-state index contributed by atoms with van der Waals surface area (Å²) in [6.07, 6.45) is 0. The molecule has 1 aromatic carbocycles. The Balaban J connectivity index is 2.35. The maximum absolute atomic E-state index is 12.4. The third kappa shape index (κ3) is 2.71. The maximum Gasteiger partial charge on any atom is 0.325 e. The normalized spacial score (nSPS) is 14.5. The molecular formula is C14H11Cl2NO5. The van der Waals surface area contributed by atoms with Crippen molar-refractivity contribution in [2.24, 2.45) is 5.92 Å². The second-order valence-electron chi connectivity index (χ2n) is 4.72. The molecule has 1 atom stereocenters. The molecule has 0 aromatic heterocycles. The van der Waals surface area contributed by atoms with E-state index in [0.717, 1.165) is 18.9 Å². The molecule has 1 aliphatic heterocycles. The van der Waals surface area contributed by atoms with Crippen molar-refractivity contribution in [2.75, 3.05) is 7.11 Å². The molecule has 1 heterocycles. The molecule has 6 nitrogen and oxygen atoms in total. The molecule has 0 radical (unpaired) electrons. The molecule has 22 heavy (non-hydrogen) atoms. The average molecular weight is 344 g/mol. The highest BCUT2D eigenvalue weighted by Crippen LogP contribution is 2.32. The number of amides is 2. The molecule has 1 aromatic rings. The van der Waals surface area contributed by atoms with Gasteiger partial charge < -0.3 is 4.74 Å². The van der Waals surface area contributed by atoms with Crippen molar-refractivity contribution in [2.45, 2.75) is 13.5 Å². The number of fused-ring (bicyclic) bond motifs is 1. The number of halogens is 2. The first kappa shape index (κ1) is 16.5. The molecule has 0 aliphatic carbocycles. The first-order valence-corrected chi connectivity index (χ1v) is 6.95. The Bertz CT molecular complexity index is 701. The smallest absolute Gasteiger partial charge is 0.325 e. The summed E-state index contributed by atoms with van der Waals surface area (Å²) in [7, 11) is 1.06. The Kier molecular flexibility index (Phi) is 4.53. The molecule has 0 bridgehead atoms. The summed E-state index contributed by atoms with van der Waals surface area (Å²) in [5.41, 5.74) is 0.717. The third-order valence-electron chi connectivity index (χ3n) is 3.31. The quantitative estimate of drug-likeness (QED) is 0.618. The summed E-state index contributed by atoms with van der Waals surface area (Å²) in [5, 5.41) is 0.428. The highest BCUT2D eigenvalue weighted by Gasteiger charge is 2.41. The van der Waals surface area contributed by atoms with E-state index in [2.05, 4.69) is 4.74 Å². The van der Waals surface area contributed by atoms with E-state index in [-0.39, 0.29) is 22.2 Å². The van der Waals surface area contributed by atoms with Gasteiger partial charge in [0.25, 0.3) is 11.8 Å². The molecule has 0 spiro atoms. The highest BCUT2D eigenvalue weighted by atomic mass is 35.5. The van der Waals surface area contributed by atoms with Crippen LogP contribution in [0.2, 0.25) is 10.0 Å². The molecule has 2 rings (SSSR count). The number of esters is 1. The lowest BCUT2D eigenvalue weighted by molar-refractivity contribution is -0.155. The minimum Gasteiger partial charge on any atom is -0.468 e. The van der Waals surface area contributed by atoms with E-state index >= 15 is 0 Å². The van der Waals surface area contributed by atoms with Gasteiger partial charge in [-0.2, -0.15) is 0 Å². The Morgan fingerprint density at radius 3 is 2.36 bits per heavy atom. The molecule has 0 saturated carbocycles. The highest BCUT2D eigenvalue weighted by molar-refractivity contribution is 6.42. The van der Waals surface area contributed by atoms with Gasteiger partial charge in [-0.15, -0.1) is 0 Å². The van der Waals surface area contributed by atoms with Gasteiger partial charge in [-0.05, 0) is 24.6 Å². The summed E-state index contributed by atoms with van der Waals surface area (Å²) >= 11 is 11.7. The second kappa shape index (κ2) is 6.06. The van der Waals surface area contributed by atoms with Gasteiger partial charge in [-0.3, -0.25) is 24.1 Å². The first-order valence-electron chi connectivity index (χ1n) is 6.19. The molecule has 0 fully saturated rings. The number of imide groups is 1. The summed E-state index contributed by atoms with van der Waals surface area (Å²) < 4.78 is 4.44. The van der Waals surface area contributed by atoms with Crippen LogP contribution >= 0.6 is 23.2 Å². The van der Waals surface area contributed by atoms with Crippen LogP contribution in [-0.4, -0.2) is 35.6 Å². The fourth-order valence-electron chi connectivity index (χ4n) is 2.20. The molecule has 1 unspecified atom stereocenters. The van der Waals surface area contributed by atoms with E-state index < -0.39 is 29.5 Å². The van der Waals surface area contributed by atoms with Crippen LogP contribution in [0.1, 0.15) is 22.8 Å². The van der Waals surface area contributed by atoms with E-state index in [1.807, 2.05) is 0 Å². The Labute approximate surface area is 135 Å². The number of methoxy groups -OCH3 is 1.